The van der Waals surface area contributed by atoms with Crippen molar-refractivity contribution in [1.82, 2.24) is 10.4 Å². The topological polar surface area (TPSA) is 58.6 Å². The number of ether oxygens (including phenoxy) is 1. The van der Waals surface area contributed by atoms with Crippen LogP contribution in [0.1, 0.15) is 29.3 Å². The number of hydrogen-bond donors (Lipinski definition) is 1. The third kappa shape index (κ3) is 4.81. The number of carbonyl (C=O) groups is 2. The van der Waals surface area contributed by atoms with Gasteiger partial charge in [0.05, 0.1) is 11.5 Å². The highest BCUT2D eigenvalue weighted by Crippen LogP contribution is 2.34. The number of thioether (sulfide) groups is 1. The first-order chi connectivity index (χ1) is 13.5. The summed E-state index contributed by atoms with van der Waals surface area (Å²) in [5.74, 6) is -0.0862. The lowest BCUT2D eigenvalue weighted by Gasteiger charge is -2.15. The summed E-state index contributed by atoms with van der Waals surface area (Å²) in [5, 5.41) is 1.10. The van der Waals surface area contributed by atoms with Crippen LogP contribution in [0.15, 0.2) is 57.9 Å². The molecular formula is C20H17BrN2O3S2. The summed E-state index contributed by atoms with van der Waals surface area (Å²) in [6.07, 6.45) is 2.60. The summed E-state index contributed by atoms with van der Waals surface area (Å²) in [7, 11) is 0. The molecule has 0 radical (unpaired) electrons. The van der Waals surface area contributed by atoms with Crippen molar-refractivity contribution in [3.8, 4) is 5.75 Å². The van der Waals surface area contributed by atoms with E-state index in [1.165, 1.54) is 0 Å². The minimum absolute atomic E-state index is 0.270. The Kier molecular flexibility index (Phi) is 6.88. The highest BCUT2D eigenvalue weighted by atomic mass is 79.9. The number of halogens is 1. The number of thiocarbonyl (C=S) groups is 1. The highest BCUT2D eigenvalue weighted by molar-refractivity contribution is 9.10. The quantitative estimate of drug-likeness (QED) is 0.479. The molecule has 2 aromatic carbocycles. The zero-order chi connectivity index (χ0) is 20.1. The molecule has 1 heterocycles. The van der Waals surface area contributed by atoms with Crippen molar-refractivity contribution in [1.29, 1.82) is 0 Å². The second kappa shape index (κ2) is 9.36. The van der Waals surface area contributed by atoms with Gasteiger partial charge in [0.15, 0.2) is 4.32 Å². The van der Waals surface area contributed by atoms with Crippen LogP contribution in [0, 0.1) is 0 Å². The van der Waals surface area contributed by atoms with E-state index in [1.807, 2.05) is 31.2 Å². The lowest BCUT2D eigenvalue weighted by Crippen LogP contribution is -2.44. The predicted octanol–water partition coefficient (Wildman–Crippen LogP) is 4.78. The van der Waals surface area contributed by atoms with E-state index in [4.69, 9.17) is 17.0 Å². The second-order valence-corrected chi connectivity index (χ2v) is 8.45. The molecule has 1 fully saturated rings. The zero-order valence-electron chi connectivity index (χ0n) is 15.0. The minimum Gasteiger partial charge on any atom is -0.493 e. The van der Waals surface area contributed by atoms with Crippen molar-refractivity contribution in [3.63, 3.8) is 0 Å². The summed E-state index contributed by atoms with van der Waals surface area (Å²) in [5.41, 5.74) is 3.78. The zero-order valence-corrected chi connectivity index (χ0v) is 18.2. The number of rotatable bonds is 6. The van der Waals surface area contributed by atoms with Gasteiger partial charge in [-0.2, -0.15) is 5.01 Å². The second-order valence-electron chi connectivity index (χ2n) is 5.85. The number of nitrogens with one attached hydrogen (secondary N) is 1. The molecule has 0 unspecified atom stereocenters. The molecule has 3 rings (SSSR count). The first-order valence-electron chi connectivity index (χ1n) is 8.56. The van der Waals surface area contributed by atoms with E-state index in [2.05, 4.69) is 21.4 Å². The van der Waals surface area contributed by atoms with Gasteiger partial charge in [0.2, 0.25) is 0 Å². The Morgan fingerprint density at radius 1 is 1.29 bits per heavy atom. The Bertz CT molecular complexity index is 948. The van der Waals surface area contributed by atoms with Crippen LogP contribution in [0.5, 0.6) is 5.75 Å². The van der Waals surface area contributed by atoms with Crippen LogP contribution in [0.2, 0.25) is 0 Å². The average molecular weight is 477 g/mol. The largest absolute Gasteiger partial charge is 0.493 e. The molecule has 144 valence electrons. The molecule has 0 atom stereocenters. The summed E-state index contributed by atoms with van der Waals surface area (Å²) in [6, 6.07) is 14.3. The molecule has 1 aliphatic heterocycles. The molecule has 1 N–H and O–H groups in total. The van der Waals surface area contributed by atoms with Crippen LogP contribution >= 0.6 is 39.9 Å². The lowest BCUT2D eigenvalue weighted by atomic mass is 10.2. The summed E-state index contributed by atoms with van der Waals surface area (Å²) in [6.45, 7) is 2.61. The number of hydrazine groups is 1. The maximum absolute atomic E-state index is 12.8. The monoisotopic (exact) mass is 476 g/mol. The van der Waals surface area contributed by atoms with Crippen LogP contribution < -0.4 is 10.2 Å². The van der Waals surface area contributed by atoms with E-state index in [-0.39, 0.29) is 10.2 Å². The molecule has 1 aliphatic rings. The van der Waals surface area contributed by atoms with Gasteiger partial charge in [-0.25, -0.2) is 0 Å². The van der Waals surface area contributed by atoms with Crippen molar-refractivity contribution in [3.05, 3.63) is 69.0 Å². The molecule has 0 spiro atoms. The van der Waals surface area contributed by atoms with E-state index in [0.29, 0.717) is 22.8 Å². The molecule has 28 heavy (non-hydrogen) atoms. The van der Waals surface area contributed by atoms with Gasteiger partial charge in [0.25, 0.3) is 11.8 Å². The van der Waals surface area contributed by atoms with Gasteiger partial charge >= 0.3 is 0 Å². The molecule has 5 nitrogen and oxygen atoms in total. The lowest BCUT2D eigenvalue weighted by molar-refractivity contribution is -0.123. The normalized spacial score (nSPS) is 15.2. The van der Waals surface area contributed by atoms with E-state index in [1.54, 1.807) is 30.3 Å². The van der Waals surface area contributed by atoms with Gasteiger partial charge in [-0.15, -0.1) is 0 Å². The summed E-state index contributed by atoms with van der Waals surface area (Å²) >= 11 is 9.86. The van der Waals surface area contributed by atoms with E-state index < -0.39 is 5.91 Å². The number of carbonyl (C=O) groups excluding carboxylic acids is 2. The van der Waals surface area contributed by atoms with Crippen molar-refractivity contribution >= 4 is 62.1 Å². The molecule has 1 saturated heterocycles. The Morgan fingerprint density at radius 3 is 2.75 bits per heavy atom. The first kappa shape index (κ1) is 20.6. The Hall–Kier alpha value is -2.16. The molecular weight excluding hydrogens is 460 g/mol. The summed E-state index contributed by atoms with van der Waals surface area (Å²) < 4.78 is 6.90. The van der Waals surface area contributed by atoms with Gasteiger partial charge in [0.1, 0.15) is 5.75 Å². The fourth-order valence-corrected chi connectivity index (χ4v) is 3.99. The third-order valence-corrected chi connectivity index (χ3v) is 5.56. The fraction of sp³-hybridized carbons (Fsp3) is 0.150. The SMILES string of the molecule is CCCOc1ccc(Br)cc1/C=C1/SC(=S)N(NC(=O)c2ccccc2)C1=O. The van der Waals surface area contributed by atoms with Gasteiger partial charge < -0.3 is 4.74 Å². The van der Waals surface area contributed by atoms with Crippen LogP contribution in [-0.4, -0.2) is 27.8 Å². The number of nitrogens with zero attached hydrogens (tertiary/aromatic N) is 1. The number of hydrogen-bond acceptors (Lipinski definition) is 5. The van der Waals surface area contributed by atoms with Crippen molar-refractivity contribution in [2.75, 3.05) is 6.61 Å². The maximum Gasteiger partial charge on any atom is 0.285 e. The molecule has 2 aromatic rings. The van der Waals surface area contributed by atoms with Crippen LogP contribution in [0.3, 0.4) is 0 Å². The predicted molar refractivity (Wildman–Crippen MR) is 119 cm³/mol. The standard InChI is InChI=1S/C20H17BrN2O3S2/c1-2-10-26-16-9-8-15(21)11-14(16)12-17-19(25)23(20(27)28-17)22-18(24)13-6-4-3-5-7-13/h3-9,11-12H,2,10H2,1H3,(H,22,24)/b17-12+. The van der Waals surface area contributed by atoms with Crippen LogP contribution in [0.25, 0.3) is 6.08 Å². The molecule has 0 aliphatic carbocycles. The van der Waals surface area contributed by atoms with Gasteiger partial charge in [0, 0.05) is 15.6 Å². The molecule has 0 aromatic heterocycles. The van der Waals surface area contributed by atoms with Gasteiger partial charge in [-0.1, -0.05) is 52.8 Å². The number of benzene rings is 2. The van der Waals surface area contributed by atoms with E-state index in [9.17, 15) is 9.59 Å². The molecule has 2 amide bonds. The van der Waals surface area contributed by atoms with Gasteiger partial charge in [-0.05, 0) is 55.0 Å². The van der Waals surface area contributed by atoms with Crippen molar-refractivity contribution < 1.29 is 14.3 Å². The molecule has 8 heteroatoms. The Balaban J connectivity index is 1.82. The first-order valence-corrected chi connectivity index (χ1v) is 10.6. The molecule has 0 saturated carbocycles. The van der Waals surface area contributed by atoms with Crippen molar-refractivity contribution in [2.45, 2.75) is 13.3 Å². The smallest absolute Gasteiger partial charge is 0.285 e. The maximum atomic E-state index is 12.8. The van der Waals surface area contributed by atoms with Gasteiger partial charge in [-0.3, -0.25) is 15.0 Å². The Morgan fingerprint density at radius 2 is 2.04 bits per heavy atom. The van der Waals surface area contributed by atoms with E-state index in [0.717, 1.165) is 33.2 Å². The van der Waals surface area contributed by atoms with Crippen LogP contribution in [0.4, 0.5) is 0 Å². The Labute approximate surface area is 181 Å². The highest BCUT2D eigenvalue weighted by Gasteiger charge is 2.34. The average Bonchev–Trinajstić information content (AvgIpc) is 2.95. The minimum atomic E-state index is -0.396. The summed E-state index contributed by atoms with van der Waals surface area (Å²) in [4.78, 5) is 25.5. The molecule has 0 bridgehead atoms. The van der Waals surface area contributed by atoms with E-state index >= 15 is 0 Å². The van der Waals surface area contributed by atoms with Crippen LogP contribution in [-0.2, 0) is 4.79 Å². The number of amides is 2. The fourth-order valence-electron chi connectivity index (χ4n) is 2.44. The van der Waals surface area contributed by atoms with Crippen molar-refractivity contribution in [2.24, 2.45) is 0 Å². The third-order valence-electron chi connectivity index (χ3n) is 3.76.